The molecule has 0 fully saturated rings. The highest BCUT2D eigenvalue weighted by atomic mass is 79.9. The maximum Gasteiger partial charge on any atom is 0.226 e. The number of aromatic nitrogens is 4. The smallest absolute Gasteiger partial charge is 0.226 e. The summed E-state index contributed by atoms with van der Waals surface area (Å²) in [5.41, 5.74) is 1.49. The van der Waals surface area contributed by atoms with Crippen molar-refractivity contribution in [3.63, 3.8) is 0 Å². The minimum atomic E-state index is 0.537. The lowest BCUT2D eigenvalue weighted by atomic mass is 10.3. The Kier molecular flexibility index (Phi) is 3.94. The van der Waals surface area contributed by atoms with Gasteiger partial charge in [-0.1, -0.05) is 17.7 Å². The SMILES string of the molecule is CCNc1nc(Nc2cccc(Cl)c2Br)c2cn[nH]c2n1. The molecule has 3 aromatic rings. The molecule has 1 aromatic carbocycles. The normalized spacial score (nSPS) is 10.8. The Bertz CT molecular complexity index is 787. The van der Waals surface area contributed by atoms with Crippen LogP contribution in [-0.2, 0) is 0 Å². The van der Waals surface area contributed by atoms with Gasteiger partial charge in [-0.3, -0.25) is 5.10 Å². The van der Waals surface area contributed by atoms with E-state index >= 15 is 0 Å². The van der Waals surface area contributed by atoms with Gasteiger partial charge in [0.15, 0.2) is 5.65 Å². The van der Waals surface area contributed by atoms with E-state index in [-0.39, 0.29) is 0 Å². The molecule has 2 heterocycles. The van der Waals surface area contributed by atoms with Gasteiger partial charge in [0.25, 0.3) is 0 Å². The zero-order chi connectivity index (χ0) is 14.8. The number of benzene rings is 1. The molecule has 0 bridgehead atoms. The van der Waals surface area contributed by atoms with Gasteiger partial charge >= 0.3 is 0 Å². The topological polar surface area (TPSA) is 78.5 Å². The van der Waals surface area contributed by atoms with Gasteiger partial charge in [0.05, 0.1) is 26.8 Å². The minimum absolute atomic E-state index is 0.537. The van der Waals surface area contributed by atoms with Crippen LogP contribution in [0.5, 0.6) is 0 Å². The van der Waals surface area contributed by atoms with Crippen molar-refractivity contribution in [3.8, 4) is 0 Å². The molecule has 21 heavy (non-hydrogen) atoms. The second-order valence-electron chi connectivity index (χ2n) is 4.28. The van der Waals surface area contributed by atoms with Crippen molar-refractivity contribution in [3.05, 3.63) is 33.9 Å². The molecule has 3 N–H and O–H groups in total. The summed E-state index contributed by atoms with van der Waals surface area (Å²) in [6.07, 6.45) is 1.69. The van der Waals surface area contributed by atoms with E-state index in [2.05, 4.69) is 46.7 Å². The molecule has 0 aliphatic heterocycles. The van der Waals surface area contributed by atoms with Crippen LogP contribution in [0.15, 0.2) is 28.9 Å². The Morgan fingerprint density at radius 3 is 3.00 bits per heavy atom. The highest BCUT2D eigenvalue weighted by Gasteiger charge is 2.11. The number of aromatic amines is 1. The Balaban J connectivity index is 2.06. The van der Waals surface area contributed by atoms with Crippen molar-refractivity contribution in [1.82, 2.24) is 20.2 Å². The van der Waals surface area contributed by atoms with Crippen LogP contribution >= 0.6 is 27.5 Å². The maximum atomic E-state index is 6.11. The number of halogens is 2. The van der Waals surface area contributed by atoms with E-state index in [1.165, 1.54) is 0 Å². The first kappa shape index (κ1) is 14.1. The van der Waals surface area contributed by atoms with E-state index in [0.29, 0.717) is 22.4 Å². The lowest BCUT2D eigenvalue weighted by molar-refractivity contribution is 1.07. The molecule has 2 aromatic heterocycles. The van der Waals surface area contributed by atoms with Gasteiger partial charge < -0.3 is 10.6 Å². The second kappa shape index (κ2) is 5.87. The lowest BCUT2D eigenvalue weighted by Gasteiger charge is -2.11. The summed E-state index contributed by atoms with van der Waals surface area (Å²) in [6, 6.07) is 5.60. The number of nitrogens with one attached hydrogen (secondary N) is 3. The van der Waals surface area contributed by atoms with E-state index in [1.54, 1.807) is 6.20 Å². The van der Waals surface area contributed by atoms with E-state index in [1.807, 2.05) is 25.1 Å². The number of H-pyrrole nitrogens is 1. The first-order valence-electron chi connectivity index (χ1n) is 6.35. The Morgan fingerprint density at radius 1 is 1.33 bits per heavy atom. The first-order chi connectivity index (χ1) is 10.2. The quantitative estimate of drug-likeness (QED) is 0.651. The Morgan fingerprint density at radius 2 is 2.19 bits per heavy atom. The summed E-state index contributed by atoms with van der Waals surface area (Å²) in [6.45, 7) is 2.72. The van der Waals surface area contributed by atoms with Crippen molar-refractivity contribution in [1.29, 1.82) is 0 Å². The van der Waals surface area contributed by atoms with Crippen molar-refractivity contribution >= 4 is 56.0 Å². The monoisotopic (exact) mass is 366 g/mol. The standard InChI is InChI=1S/C13H12BrClN6/c1-2-16-13-19-11(7-6-17-21-12(7)20-13)18-9-5-3-4-8(15)10(9)14/h3-6H,2H2,1H3,(H3,16,17,18,19,20,21). The molecule has 0 radical (unpaired) electrons. The van der Waals surface area contributed by atoms with Gasteiger partial charge in [-0.25, -0.2) is 0 Å². The highest BCUT2D eigenvalue weighted by molar-refractivity contribution is 9.10. The fourth-order valence-corrected chi connectivity index (χ4v) is 2.43. The van der Waals surface area contributed by atoms with Gasteiger partial charge in [0.1, 0.15) is 5.82 Å². The first-order valence-corrected chi connectivity index (χ1v) is 7.52. The van der Waals surface area contributed by atoms with Crippen LogP contribution in [0.2, 0.25) is 5.02 Å². The minimum Gasteiger partial charge on any atom is -0.354 e. The van der Waals surface area contributed by atoms with Gasteiger partial charge in [0, 0.05) is 6.54 Å². The third-order valence-corrected chi connectivity index (χ3v) is 4.25. The summed E-state index contributed by atoms with van der Waals surface area (Å²) >= 11 is 9.57. The van der Waals surface area contributed by atoms with Crippen LogP contribution in [0.1, 0.15) is 6.92 Å². The van der Waals surface area contributed by atoms with Crippen molar-refractivity contribution < 1.29 is 0 Å². The third kappa shape index (κ3) is 2.79. The van der Waals surface area contributed by atoms with E-state index in [4.69, 9.17) is 11.6 Å². The summed E-state index contributed by atoms with van der Waals surface area (Å²) < 4.78 is 0.784. The van der Waals surface area contributed by atoms with Crippen molar-refractivity contribution in [2.75, 3.05) is 17.2 Å². The molecular weight excluding hydrogens is 356 g/mol. The van der Waals surface area contributed by atoms with Gasteiger partial charge in [0.2, 0.25) is 5.95 Å². The van der Waals surface area contributed by atoms with Crippen LogP contribution in [0.4, 0.5) is 17.5 Å². The molecular formula is C13H12BrClN6. The van der Waals surface area contributed by atoms with Crippen LogP contribution < -0.4 is 10.6 Å². The van der Waals surface area contributed by atoms with Crippen LogP contribution in [0.25, 0.3) is 11.0 Å². The molecule has 3 rings (SSSR count). The summed E-state index contributed by atoms with van der Waals surface area (Å²) in [7, 11) is 0. The summed E-state index contributed by atoms with van der Waals surface area (Å²) in [4.78, 5) is 8.82. The van der Waals surface area contributed by atoms with E-state index in [9.17, 15) is 0 Å². The van der Waals surface area contributed by atoms with E-state index < -0.39 is 0 Å². The molecule has 0 aliphatic rings. The number of anilines is 3. The zero-order valence-corrected chi connectivity index (χ0v) is 13.5. The van der Waals surface area contributed by atoms with Crippen molar-refractivity contribution in [2.45, 2.75) is 6.92 Å². The van der Waals surface area contributed by atoms with Gasteiger partial charge in [-0.05, 0) is 35.0 Å². The Hall–Kier alpha value is -1.86. The fourth-order valence-electron chi connectivity index (χ4n) is 1.90. The molecule has 0 atom stereocenters. The second-order valence-corrected chi connectivity index (χ2v) is 5.49. The highest BCUT2D eigenvalue weighted by Crippen LogP contribution is 2.33. The predicted molar refractivity (Wildman–Crippen MR) is 88.3 cm³/mol. The van der Waals surface area contributed by atoms with Gasteiger partial charge in [-0.15, -0.1) is 0 Å². The molecule has 0 saturated carbocycles. The van der Waals surface area contributed by atoms with Crippen LogP contribution in [0, 0.1) is 0 Å². The van der Waals surface area contributed by atoms with Gasteiger partial charge in [-0.2, -0.15) is 15.1 Å². The number of hydrogen-bond donors (Lipinski definition) is 3. The molecule has 8 heteroatoms. The molecule has 108 valence electrons. The molecule has 6 nitrogen and oxygen atoms in total. The largest absolute Gasteiger partial charge is 0.354 e. The fraction of sp³-hybridized carbons (Fsp3) is 0.154. The molecule has 0 spiro atoms. The summed E-state index contributed by atoms with van der Waals surface area (Å²) in [5, 5.41) is 14.7. The Labute approximate surface area is 134 Å². The maximum absolute atomic E-state index is 6.11. The average Bonchev–Trinajstić information content (AvgIpc) is 2.93. The molecule has 0 saturated heterocycles. The predicted octanol–water partition coefficient (Wildman–Crippen LogP) is 3.94. The van der Waals surface area contributed by atoms with Crippen molar-refractivity contribution in [2.24, 2.45) is 0 Å². The number of rotatable bonds is 4. The molecule has 0 aliphatic carbocycles. The molecule has 0 amide bonds. The number of fused-ring (bicyclic) bond motifs is 1. The third-order valence-electron chi connectivity index (χ3n) is 2.85. The van der Waals surface area contributed by atoms with Crippen LogP contribution in [-0.4, -0.2) is 26.7 Å². The molecule has 0 unspecified atom stereocenters. The van der Waals surface area contributed by atoms with Crippen LogP contribution in [0.3, 0.4) is 0 Å². The summed E-state index contributed by atoms with van der Waals surface area (Å²) in [5.74, 6) is 1.20. The number of hydrogen-bond acceptors (Lipinski definition) is 5. The zero-order valence-electron chi connectivity index (χ0n) is 11.1. The average molecular weight is 368 g/mol. The lowest BCUT2D eigenvalue weighted by Crippen LogP contribution is -2.05. The number of nitrogens with zero attached hydrogens (tertiary/aromatic N) is 3. The van der Waals surface area contributed by atoms with E-state index in [0.717, 1.165) is 22.1 Å².